The molecule has 25 heavy (non-hydrogen) atoms. The Morgan fingerprint density at radius 1 is 1.00 bits per heavy atom. The highest BCUT2D eigenvalue weighted by atomic mass is 32.1. The van der Waals surface area contributed by atoms with Crippen LogP contribution < -0.4 is 15.4 Å². The number of methoxy groups -OCH3 is 1. The Balaban J connectivity index is 1.91. The minimum atomic E-state index is 0.495. The normalized spacial score (nSPS) is 10.3. The summed E-state index contributed by atoms with van der Waals surface area (Å²) < 4.78 is 10.7. The van der Waals surface area contributed by atoms with Crippen LogP contribution in [0.25, 0.3) is 0 Å². The van der Waals surface area contributed by atoms with Crippen molar-refractivity contribution < 1.29 is 9.47 Å². The summed E-state index contributed by atoms with van der Waals surface area (Å²) in [4.78, 5) is 0. The number of nitrogens with one attached hydrogen (secondary N) is 2. The molecule has 0 aliphatic heterocycles. The fourth-order valence-electron chi connectivity index (χ4n) is 2.35. The van der Waals surface area contributed by atoms with E-state index in [0.717, 1.165) is 23.5 Å². The molecule has 0 atom stereocenters. The first kappa shape index (κ1) is 19.2. The van der Waals surface area contributed by atoms with Crippen LogP contribution in [0.5, 0.6) is 5.75 Å². The van der Waals surface area contributed by atoms with Gasteiger partial charge >= 0.3 is 0 Å². The molecule has 0 bridgehead atoms. The SMILES string of the molecule is CCCCc1ccc(NC(=S)Nc2ccccc2OCCOC)cc1. The molecular formula is C20H26N2O2S. The van der Waals surface area contributed by atoms with Gasteiger partial charge in [0.25, 0.3) is 0 Å². The van der Waals surface area contributed by atoms with Crippen LogP contribution in [0.3, 0.4) is 0 Å². The molecule has 5 heteroatoms. The van der Waals surface area contributed by atoms with Gasteiger partial charge in [-0.15, -0.1) is 0 Å². The third kappa shape index (κ3) is 6.72. The molecule has 0 saturated heterocycles. The van der Waals surface area contributed by atoms with Crippen molar-refractivity contribution in [2.24, 2.45) is 0 Å². The Morgan fingerprint density at radius 2 is 1.76 bits per heavy atom. The van der Waals surface area contributed by atoms with Gasteiger partial charge in [0, 0.05) is 12.8 Å². The van der Waals surface area contributed by atoms with E-state index in [4.69, 9.17) is 21.7 Å². The van der Waals surface area contributed by atoms with Crippen molar-refractivity contribution in [1.82, 2.24) is 0 Å². The van der Waals surface area contributed by atoms with Crippen LogP contribution in [0, 0.1) is 0 Å². The Kier molecular flexibility index (Phi) is 8.22. The number of aryl methyl sites for hydroxylation is 1. The predicted octanol–water partition coefficient (Wildman–Crippen LogP) is 4.86. The Morgan fingerprint density at radius 3 is 2.48 bits per heavy atom. The van der Waals surface area contributed by atoms with Gasteiger partial charge in [0.15, 0.2) is 5.11 Å². The number of benzene rings is 2. The third-order valence-corrected chi connectivity index (χ3v) is 3.92. The summed E-state index contributed by atoms with van der Waals surface area (Å²) in [5, 5.41) is 6.93. The molecule has 0 radical (unpaired) electrons. The molecule has 0 amide bonds. The van der Waals surface area contributed by atoms with Crippen LogP contribution in [0.4, 0.5) is 11.4 Å². The molecule has 0 aliphatic carbocycles. The molecule has 2 aromatic carbocycles. The highest BCUT2D eigenvalue weighted by Crippen LogP contribution is 2.24. The number of ether oxygens (including phenoxy) is 2. The lowest BCUT2D eigenvalue weighted by molar-refractivity contribution is 0.146. The lowest BCUT2D eigenvalue weighted by Gasteiger charge is -2.15. The van der Waals surface area contributed by atoms with Gasteiger partial charge in [-0.1, -0.05) is 37.6 Å². The molecule has 2 rings (SSSR count). The van der Waals surface area contributed by atoms with E-state index in [1.807, 2.05) is 24.3 Å². The molecule has 134 valence electrons. The standard InChI is InChI=1S/C20H26N2O2S/c1-3-4-7-16-10-12-17(13-11-16)21-20(25)22-18-8-5-6-9-19(18)24-15-14-23-2/h5-6,8-13H,3-4,7,14-15H2,1-2H3,(H2,21,22,25). The zero-order chi connectivity index (χ0) is 17.9. The highest BCUT2D eigenvalue weighted by Gasteiger charge is 2.05. The van der Waals surface area contributed by atoms with Crippen LogP contribution in [-0.4, -0.2) is 25.4 Å². The lowest BCUT2D eigenvalue weighted by Crippen LogP contribution is -2.19. The monoisotopic (exact) mass is 358 g/mol. The topological polar surface area (TPSA) is 42.5 Å². The van der Waals surface area contributed by atoms with Crippen molar-refractivity contribution in [3.8, 4) is 5.75 Å². The second-order valence-corrected chi connectivity index (χ2v) is 6.13. The molecule has 0 spiro atoms. The zero-order valence-electron chi connectivity index (χ0n) is 14.9. The van der Waals surface area contributed by atoms with Gasteiger partial charge in [0.2, 0.25) is 0 Å². The molecule has 0 unspecified atom stereocenters. The van der Waals surface area contributed by atoms with E-state index in [0.29, 0.717) is 18.3 Å². The van der Waals surface area contributed by atoms with Gasteiger partial charge in [0.05, 0.1) is 12.3 Å². The van der Waals surface area contributed by atoms with Crippen molar-refractivity contribution in [2.45, 2.75) is 26.2 Å². The average Bonchev–Trinajstić information content (AvgIpc) is 2.63. The van der Waals surface area contributed by atoms with Crippen LogP contribution in [0.15, 0.2) is 48.5 Å². The van der Waals surface area contributed by atoms with Gasteiger partial charge in [-0.25, -0.2) is 0 Å². The predicted molar refractivity (Wildman–Crippen MR) is 109 cm³/mol. The lowest BCUT2D eigenvalue weighted by atomic mass is 10.1. The van der Waals surface area contributed by atoms with Crippen LogP contribution in [0.2, 0.25) is 0 Å². The number of para-hydroxylation sites is 2. The smallest absolute Gasteiger partial charge is 0.175 e. The number of rotatable bonds is 9. The fourth-order valence-corrected chi connectivity index (χ4v) is 2.58. The quantitative estimate of drug-likeness (QED) is 0.495. The number of unbranched alkanes of at least 4 members (excludes halogenated alkanes) is 1. The molecule has 0 heterocycles. The summed E-state index contributed by atoms with van der Waals surface area (Å²) in [6.45, 7) is 3.24. The van der Waals surface area contributed by atoms with E-state index in [-0.39, 0.29) is 0 Å². The largest absolute Gasteiger partial charge is 0.489 e. The maximum atomic E-state index is 5.71. The van der Waals surface area contributed by atoms with E-state index in [2.05, 4.69) is 41.8 Å². The van der Waals surface area contributed by atoms with Crippen molar-refractivity contribution in [3.05, 3.63) is 54.1 Å². The van der Waals surface area contributed by atoms with Crippen LogP contribution in [0.1, 0.15) is 25.3 Å². The van der Waals surface area contributed by atoms with Crippen LogP contribution in [-0.2, 0) is 11.2 Å². The summed E-state index contributed by atoms with van der Waals surface area (Å²) in [6, 6.07) is 16.1. The molecule has 0 aliphatic rings. The van der Waals surface area contributed by atoms with Gasteiger partial charge in [0.1, 0.15) is 12.4 Å². The maximum absolute atomic E-state index is 5.71. The second-order valence-electron chi connectivity index (χ2n) is 5.72. The Hall–Kier alpha value is -2.11. The van der Waals surface area contributed by atoms with Crippen molar-refractivity contribution in [2.75, 3.05) is 31.0 Å². The molecule has 2 aromatic rings. The van der Waals surface area contributed by atoms with Crippen LogP contribution >= 0.6 is 12.2 Å². The first-order valence-electron chi connectivity index (χ1n) is 8.60. The second kappa shape index (κ2) is 10.7. The number of hydrogen-bond acceptors (Lipinski definition) is 3. The van der Waals surface area contributed by atoms with Gasteiger partial charge in [-0.3, -0.25) is 0 Å². The van der Waals surface area contributed by atoms with Crippen molar-refractivity contribution >= 4 is 28.7 Å². The average molecular weight is 359 g/mol. The fraction of sp³-hybridized carbons (Fsp3) is 0.350. The van der Waals surface area contributed by atoms with E-state index in [1.54, 1.807) is 7.11 Å². The summed E-state index contributed by atoms with van der Waals surface area (Å²) >= 11 is 5.41. The van der Waals surface area contributed by atoms with Gasteiger partial charge < -0.3 is 20.1 Å². The minimum Gasteiger partial charge on any atom is -0.489 e. The summed E-state index contributed by atoms with van der Waals surface area (Å²) in [7, 11) is 1.65. The number of anilines is 2. The maximum Gasteiger partial charge on any atom is 0.175 e. The number of thiocarbonyl (C=S) groups is 1. The summed E-state index contributed by atoms with van der Waals surface area (Å²) in [5.74, 6) is 0.749. The van der Waals surface area contributed by atoms with E-state index < -0.39 is 0 Å². The minimum absolute atomic E-state index is 0.495. The number of hydrogen-bond donors (Lipinski definition) is 2. The summed E-state index contributed by atoms with van der Waals surface area (Å²) in [6.07, 6.45) is 3.54. The van der Waals surface area contributed by atoms with Gasteiger partial charge in [-0.05, 0) is 54.9 Å². The first-order chi connectivity index (χ1) is 12.2. The first-order valence-corrected chi connectivity index (χ1v) is 9.01. The molecule has 0 saturated carbocycles. The molecule has 4 nitrogen and oxygen atoms in total. The zero-order valence-corrected chi connectivity index (χ0v) is 15.7. The third-order valence-electron chi connectivity index (χ3n) is 3.71. The molecule has 0 fully saturated rings. The Labute approximate surface area is 155 Å². The Bertz CT molecular complexity index is 659. The molecule has 0 aromatic heterocycles. The van der Waals surface area contributed by atoms with Crippen molar-refractivity contribution in [1.29, 1.82) is 0 Å². The van der Waals surface area contributed by atoms with E-state index in [9.17, 15) is 0 Å². The van der Waals surface area contributed by atoms with Gasteiger partial charge in [-0.2, -0.15) is 0 Å². The van der Waals surface area contributed by atoms with Crippen molar-refractivity contribution in [3.63, 3.8) is 0 Å². The molecular weight excluding hydrogens is 332 g/mol. The summed E-state index contributed by atoms with van der Waals surface area (Å²) in [5.41, 5.74) is 3.15. The molecule has 2 N–H and O–H groups in total. The highest BCUT2D eigenvalue weighted by molar-refractivity contribution is 7.80. The van der Waals surface area contributed by atoms with E-state index >= 15 is 0 Å². The van der Waals surface area contributed by atoms with E-state index in [1.165, 1.54) is 18.4 Å².